The van der Waals surface area contributed by atoms with E-state index in [0.29, 0.717) is 0 Å². The lowest BCUT2D eigenvalue weighted by Crippen LogP contribution is -2.09. The maximum absolute atomic E-state index is 12.0. The van der Waals surface area contributed by atoms with Gasteiger partial charge in [0, 0.05) is 0 Å². The van der Waals surface area contributed by atoms with Gasteiger partial charge in [-0.05, 0) is 12.1 Å². The summed E-state index contributed by atoms with van der Waals surface area (Å²) in [5.74, 6) is 0. The fourth-order valence-corrected chi connectivity index (χ4v) is 0.848. The van der Waals surface area contributed by atoms with Gasteiger partial charge in [-0.2, -0.15) is 13.2 Å². The largest absolute Gasteiger partial charge is 0.433 e. The Morgan fingerprint density at radius 2 is 2.00 bits per heavy atom. The molecule has 1 aromatic heterocycles. The number of pyridine rings is 1. The number of carbonyl (C=O) groups excluding carboxylic acids is 1. The summed E-state index contributed by atoms with van der Waals surface area (Å²) in [5.41, 5.74) is -1.53. The smallest absolute Gasteiger partial charge is 0.296 e. The Balaban J connectivity index is 3.21. The van der Waals surface area contributed by atoms with Crippen LogP contribution in [-0.2, 0) is 6.18 Å². The molecule has 1 aromatic rings. The first kappa shape index (κ1) is 9.98. The van der Waals surface area contributed by atoms with E-state index in [-0.39, 0.29) is 11.3 Å². The van der Waals surface area contributed by atoms with Gasteiger partial charge in [0.25, 0.3) is 0 Å². The third-order valence-corrected chi connectivity index (χ3v) is 1.59. The van der Waals surface area contributed by atoms with E-state index in [1.807, 2.05) is 0 Å². The quantitative estimate of drug-likeness (QED) is 0.666. The molecule has 70 valence electrons. The van der Waals surface area contributed by atoms with Gasteiger partial charge in [-0.15, -0.1) is 0 Å². The monoisotopic (exact) mass is 209 g/mol. The first-order valence-corrected chi connectivity index (χ1v) is 3.52. The van der Waals surface area contributed by atoms with Crippen LogP contribution in [-0.4, -0.2) is 11.3 Å². The molecule has 0 radical (unpaired) electrons. The first-order valence-electron chi connectivity index (χ1n) is 3.14. The molecule has 0 atom stereocenters. The number of hydrogen-bond donors (Lipinski definition) is 0. The zero-order valence-corrected chi connectivity index (χ0v) is 6.86. The minimum atomic E-state index is -4.55. The highest BCUT2D eigenvalue weighted by atomic mass is 35.5. The highest BCUT2D eigenvalue weighted by Gasteiger charge is 2.32. The lowest BCUT2D eigenvalue weighted by Gasteiger charge is -2.05. The van der Waals surface area contributed by atoms with Gasteiger partial charge in [-0.3, -0.25) is 4.79 Å². The third-order valence-electron chi connectivity index (χ3n) is 1.28. The van der Waals surface area contributed by atoms with E-state index in [1.54, 1.807) is 0 Å². The number of aromatic nitrogens is 1. The average Bonchev–Trinajstić information content (AvgIpc) is 2.03. The van der Waals surface area contributed by atoms with Crippen LogP contribution in [0.4, 0.5) is 13.2 Å². The molecule has 0 N–H and O–H groups in total. The van der Waals surface area contributed by atoms with Gasteiger partial charge in [0.1, 0.15) is 11.4 Å². The molecule has 1 heterocycles. The summed E-state index contributed by atoms with van der Waals surface area (Å²) in [4.78, 5) is 13.2. The Bertz CT molecular complexity index is 337. The number of rotatable bonds is 1. The Kier molecular flexibility index (Phi) is 2.56. The molecule has 0 aromatic carbocycles. The molecule has 0 aliphatic carbocycles. The highest BCUT2D eigenvalue weighted by molar-refractivity contribution is 6.32. The molecule has 0 bridgehead atoms. The van der Waals surface area contributed by atoms with Crippen molar-refractivity contribution in [2.24, 2.45) is 0 Å². The molecule has 0 aliphatic rings. The normalized spacial score (nSPS) is 11.4. The zero-order chi connectivity index (χ0) is 10.1. The van der Waals surface area contributed by atoms with Gasteiger partial charge in [0.05, 0.1) is 5.02 Å². The second kappa shape index (κ2) is 3.33. The average molecular weight is 210 g/mol. The minimum absolute atomic E-state index is 0.0944. The lowest BCUT2D eigenvalue weighted by atomic mass is 10.3. The van der Waals surface area contributed by atoms with E-state index < -0.39 is 17.6 Å². The lowest BCUT2D eigenvalue weighted by molar-refractivity contribution is -0.141. The van der Waals surface area contributed by atoms with Crippen molar-refractivity contribution in [3.05, 3.63) is 28.5 Å². The molecule has 0 aliphatic heterocycles. The molecule has 0 fully saturated rings. The van der Waals surface area contributed by atoms with Crippen molar-refractivity contribution in [3.63, 3.8) is 0 Å². The van der Waals surface area contributed by atoms with Crippen molar-refractivity contribution in [1.29, 1.82) is 0 Å². The summed E-state index contributed by atoms with van der Waals surface area (Å²) >= 11 is 5.39. The van der Waals surface area contributed by atoms with Gasteiger partial charge >= 0.3 is 6.18 Å². The fourth-order valence-electron chi connectivity index (χ4n) is 0.698. The molecule has 1 rings (SSSR count). The first-order chi connectivity index (χ1) is 5.95. The van der Waals surface area contributed by atoms with E-state index in [0.717, 1.165) is 12.1 Å². The highest BCUT2D eigenvalue weighted by Crippen LogP contribution is 2.28. The topological polar surface area (TPSA) is 30.0 Å². The van der Waals surface area contributed by atoms with Crippen LogP contribution in [0.1, 0.15) is 16.2 Å². The van der Waals surface area contributed by atoms with Crippen LogP contribution in [0.5, 0.6) is 0 Å². The summed E-state index contributed by atoms with van der Waals surface area (Å²) in [6.07, 6.45) is -4.38. The van der Waals surface area contributed by atoms with Crippen molar-refractivity contribution in [3.8, 4) is 0 Å². The summed E-state index contributed by atoms with van der Waals surface area (Å²) in [6.45, 7) is 0. The summed E-state index contributed by atoms with van der Waals surface area (Å²) < 4.78 is 36.0. The van der Waals surface area contributed by atoms with E-state index in [1.165, 1.54) is 0 Å². The van der Waals surface area contributed by atoms with Crippen molar-refractivity contribution >= 4 is 17.9 Å². The van der Waals surface area contributed by atoms with Crippen LogP contribution in [0.25, 0.3) is 0 Å². The van der Waals surface area contributed by atoms with Gasteiger partial charge in [-0.1, -0.05) is 11.6 Å². The van der Waals surface area contributed by atoms with E-state index in [4.69, 9.17) is 11.6 Å². The van der Waals surface area contributed by atoms with Crippen LogP contribution < -0.4 is 0 Å². The van der Waals surface area contributed by atoms with Crippen LogP contribution in [0.3, 0.4) is 0 Å². The number of alkyl halides is 3. The van der Waals surface area contributed by atoms with Gasteiger partial charge in [0.15, 0.2) is 6.29 Å². The van der Waals surface area contributed by atoms with Gasteiger partial charge in [0.2, 0.25) is 0 Å². The van der Waals surface area contributed by atoms with Crippen molar-refractivity contribution in [2.45, 2.75) is 6.18 Å². The van der Waals surface area contributed by atoms with Crippen LogP contribution in [0.2, 0.25) is 5.02 Å². The van der Waals surface area contributed by atoms with Crippen molar-refractivity contribution < 1.29 is 18.0 Å². The maximum atomic E-state index is 12.0. The van der Waals surface area contributed by atoms with Crippen molar-refractivity contribution in [2.75, 3.05) is 0 Å². The van der Waals surface area contributed by atoms with Gasteiger partial charge < -0.3 is 0 Å². The Morgan fingerprint density at radius 1 is 1.38 bits per heavy atom. The number of aldehydes is 1. The number of carbonyl (C=O) groups is 1. The molecule has 0 saturated heterocycles. The molecular weight excluding hydrogens is 207 g/mol. The Labute approximate surface area is 76.3 Å². The molecule has 0 saturated carbocycles. The predicted molar refractivity (Wildman–Crippen MR) is 39.6 cm³/mol. The zero-order valence-electron chi connectivity index (χ0n) is 6.10. The van der Waals surface area contributed by atoms with E-state index in [2.05, 4.69) is 4.98 Å². The summed E-state index contributed by atoms with van der Waals surface area (Å²) in [5, 5.41) is -0.0944. The van der Waals surface area contributed by atoms with Crippen LogP contribution >= 0.6 is 11.6 Å². The fraction of sp³-hybridized carbons (Fsp3) is 0.143. The molecule has 6 heteroatoms. The summed E-state index contributed by atoms with van der Waals surface area (Å²) in [7, 11) is 0. The number of nitrogens with zero attached hydrogens (tertiary/aromatic N) is 1. The van der Waals surface area contributed by atoms with E-state index in [9.17, 15) is 18.0 Å². The SMILES string of the molecule is O=Cc1nc(C(F)(F)F)ccc1Cl. The second-order valence-electron chi connectivity index (χ2n) is 2.18. The van der Waals surface area contributed by atoms with E-state index >= 15 is 0 Å². The third kappa shape index (κ3) is 2.18. The molecule has 2 nitrogen and oxygen atoms in total. The second-order valence-corrected chi connectivity index (χ2v) is 2.59. The molecule has 0 amide bonds. The van der Waals surface area contributed by atoms with Gasteiger partial charge in [-0.25, -0.2) is 4.98 Å². The molecule has 0 spiro atoms. The summed E-state index contributed by atoms with van der Waals surface area (Å²) in [6, 6.07) is 1.70. The number of hydrogen-bond acceptors (Lipinski definition) is 2. The standard InChI is InChI=1S/C7H3ClF3NO/c8-4-1-2-6(7(9,10)11)12-5(4)3-13/h1-3H. The Hall–Kier alpha value is -1.10. The maximum Gasteiger partial charge on any atom is 0.433 e. The van der Waals surface area contributed by atoms with Crippen molar-refractivity contribution in [1.82, 2.24) is 4.98 Å². The molecular formula is C7H3ClF3NO. The predicted octanol–water partition coefficient (Wildman–Crippen LogP) is 2.57. The Morgan fingerprint density at radius 3 is 2.46 bits per heavy atom. The van der Waals surface area contributed by atoms with Crippen LogP contribution in [0, 0.1) is 0 Å². The minimum Gasteiger partial charge on any atom is -0.296 e. The number of halogens is 4. The molecule has 13 heavy (non-hydrogen) atoms. The van der Waals surface area contributed by atoms with Crippen LogP contribution in [0.15, 0.2) is 12.1 Å². The molecule has 0 unspecified atom stereocenters.